The molecule has 576 valence electrons. The summed E-state index contributed by atoms with van der Waals surface area (Å²) < 4.78 is 74.2. The number of hydrogen-bond donors (Lipinski definition) is 14. The SMILES string of the molecule is CC(C)[C@@H](CC[C@@H](C)C1CCC2C3C(CC[C@@]21C)[C@@]1(C)CC[C@H](NCCCNCCCCN)C[C@@H]1C[C@H]3O)OS(=O)(=O)O.CC(C)[C@@H](CC[C@@H](C)C1CCC2C3C(CC[C@@]21C)[C@@]1(C)CC[C@H](NCCCNCCCCN)C[C@@H]1C[C@H]3O)OS(=O)(=O)O.C[C@H](O)C(=O)O.C[C@H](O)C(=O)O. The molecule has 0 aromatic carbocycles. The summed E-state index contributed by atoms with van der Waals surface area (Å²) >= 11 is 0. The number of unbranched alkanes of at least 4 members (excludes halogenated alkanes) is 2. The monoisotopic (exact) mass is 1430 g/mol. The molecule has 0 aromatic rings. The fourth-order valence-electron chi connectivity index (χ4n) is 21.4. The van der Waals surface area contributed by atoms with Gasteiger partial charge in [0.2, 0.25) is 0 Å². The molecule has 0 heterocycles. The van der Waals surface area contributed by atoms with Crippen molar-refractivity contribution in [1.82, 2.24) is 21.3 Å². The van der Waals surface area contributed by atoms with Crippen LogP contribution in [-0.4, -0.2) is 170 Å². The van der Waals surface area contributed by atoms with Crippen LogP contribution < -0.4 is 32.7 Å². The van der Waals surface area contributed by atoms with Crippen LogP contribution in [0, 0.1) is 105 Å². The van der Waals surface area contributed by atoms with E-state index in [0.717, 1.165) is 117 Å². The largest absolute Gasteiger partial charge is 0.479 e. The van der Waals surface area contributed by atoms with Crippen LogP contribution in [0.1, 0.15) is 250 Å². The van der Waals surface area contributed by atoms with Crippen molar-refractivity contribution >= 4 is 32.7 Å². The third-order valence-electron chi connectivity index (χ3n) is 26.9. The van der Waals surface area contributed by atoms with E-state index in [4.69, 9.17) is 40.3 Å². The molecule has 98 heavy (non-hydrogen) atoms. The quantitative estimate of drug-likeness (QED) is 0.0210. The van der Waals surface area contributed by atoms with Crippen molar-refractivity contribution in [2.45, 2.75) is 299 Å². The Kier molecular flexibility index (Phi) is 35.1. The third-order valence-corrected chi connectivity index (χ3v) is 27.9. The van der Waals surface area contributed by atoms with Gasteiger partial charge in [-0.3, -0.25) is 9.11 Å². The fraction of sp³-hybridized carbons (Fsp3) is 0.973. The molecule has 8 fully saturated rings. The van der Waals surface area contributed by atoms with Crippen molar-refractivity contribution in [3.63, 3.8) is 0 Å². The van der Waals surface area contributed by atoms with Gasteiger partial charge in [0, 0.05) is 12.1 Å². The number of nitrogens with two attached hydrogens (primary N) is 2. The van der Waals surface area contributed by atoms with Gasteiger partial charge in [0.05, 0.1) is 24.4 Å². The average molecular weight is 1440 g/mol. The van der Waals surface area contributed by atoms with Crippen LogP contribution in [0.15, 0.2) is 0 Å². The highest BCUT2D eigenvalue weighted by molar-refractivity contribution is 7.81. The molecule has 0 saturated heterocycles. The minimum atomic E-state index is -4.45. The summed E-state index contributed by atoms with van der Waals surface area (Å²) in [6, 6.07) is 1.15. The van der Waals surface area contributed by atoms with Crippen LogP contribution in [0.4, 0.5) is 0 Å². The summed E-state index contributed by atoms with van der Waals surface area (Å²) in [6.45, 7) is 32.9. The number of carbonyl (C=O) groups is 2. The number of carboxylic acids is 2. The maximum absolute atomic E-state index is 11.8. The molecule has 22 nitrogen and oxygen atoms in total. The highest BCUT2D eigenvalue weighted by atomic mass is 32.3. The van der Waals surface area contributed by atoms with Crippen molar-refractivity contribution in [3.8, 4) is 0 Å². The maximum atomic E-state index is 11.8. The zero-order valence-electron chi connectivity index (χ0n) is 62.6. The standard InChI is InChI=1S/2C34H65N3O5S.2C3H6O3/c2*1-23(2)31(42-43(39,40)41)12-9-24(3)27-10-11-28-32-29(14-16-34(27,28)5)33(4)15-13-26(21-25(33)22-30(32)38)37-20-8-19-36-18-7-6-17-35;2*1-2(4)3(5)6/h2*23-32,36-38H,6-22,35H2,1-5H3,(H,39,40,41);2*2,4H,1H3,(H,5,6)/t2*24-,25-,26+,27?,28?,29?,30-,31-,32?,33+,34-;2*2-/m1100/s1. The molecule has 8 unspecified atom stereocenters. The first-order chi connectivity index (χ1) is 45.9. The van der Waals surface area contributed by atoms with E-state index in [2.05, 4.69) is 62.8 Å². The van der Waals surface area contributed by atoms with Crippen LogP contribution in [0.25, 0.3) is 0 Å². The summed E-state index contributed by atoms with van der Waals surface area (Å²) in [5, 5.41) is 69.9. The highest BCUT2D eigenvalue weighted by Gasteiger charge is 2.65. The molecule has 0 aliphatic heterocycles. The molecule has 0 amide bonds. The second-order valence-corrected chi connectivity index (χ2v) is 35.9. The molecule has 0 spiro atoms. The Labute approximate surface area is 592 Å². The Balaban J connectivity index is 0.000000303. The zero-order valence-corrected chi connectivity index (χ0v) is 64.2. The molecule has 8 aliphatic carbocycles. The number of rotatable bonds is 34. The molecule has 0 bridgehead atoms. The number of hydrogen-bond acceptors (Lipinski definition) is 18. The average Bonchev–Trinajstić information content (AvgIpc) is 1.34. The van der Waals surface area contributed by atoms with Crippen LogP contribution in [0.5, 0.6) is 0 Å². The molecular weight excluding hydrogens is 1290 g/mol. The maximum Gasteiger partial charge on any atom is 0.397 e. The number of carboxylic acid groups (broad SMARTS) is 2. The molecule has 16 N–H and O–H groups in total. The van der Waals surface area contributed by atoms with E-state index in [9.17, 15) is 45.7 Å². The molecular formula is C74H142N6O16S2. The Morgan fingerprint density at radius 1 is 0.459 bits per heavy atom. The summed E-state index contributed by atoms with van der Waals surface area (Å²) in [5.41, 5.74) is 12.3. The van der Waals surface area contributed by atoms with Gasteiger partial charge in [-0.25, -0.2) is 18.0 Å². The first kappa shape index (κ1) is 86.9. The first-order valence-electron chi connectivity index (χ1n) is 38.7. The van der Waals surface area contributed by atoms with E-state index in [0.29, 0.717) is 107 Å². The lowest BCUT2D eigenvalue weighted by Gasteiger charge is -2.62. The Bertz CT molecular complexity index is 2420. The van der Waals surface area contributed by atoms with E-state index < -0.39 is 57.2 Å². The van der Waals surface area contributed by atoms with E-state index in [1.165, 1.54) is 104 Å². The minimum absolute atomic E-state index is 0.0152. The Morgan fingerprint density at radius 3 is 1.08 bits per heavy atom. The van der Waals surface area contributed by atoms with Crippen molar-refractivity contribution in [2.24, 2.45) is 116 Å². The van der Waals surface area contributed by atoms with E-state index >= 15 is 0 Å². The van der Waals surface area contributed by atoms with Crippen LogP contribution in [-0.2, 0) is 38.8 Å². The van der Waals surface area contributed by atoms with E-state index in [-0.39, 0.29) is 34.9 Å². The normalized spacial score (nSPS) is 36.1. The first-order valence-corrected chi connectivity index (χ1v) is 41.4. The topological polar surface area (TPSA) is 383 Å². The smallest absolute Gasteiger partial charge is 0.397 e. The molecule has 8 aliphatic rings. The van der Waals surface area contributed by atoms with Crippen LogP contribution in [0.3, 0.4) is 0 Å². The summed E-state index contributed by atoms with van der Waals surface area (Å²) in [5.74, 6) is 4.06. The molecule has 8 saturated carbocycles. The predicted molar refractivity (Wildman–Crippen MR) is 386 cm³/mol. The van der Waals surface area contributed by atoms with Crippen LogP contribution >= 0.6 is 0 Å². The Morgan fingerprint density at radius 2 is 0.776 bits per heavy atom. The van der Waals surface area contributed by atoms with Crippen molar-refractivity contribution in [2.75, 3.05) is 52.4 Å². The number of nitrogens with one attached hydrogen (secondary N) is 4. The van der Waals surface area contributed by atoms with Gasteiger partial charge < -0.3 is 63.4 Å². The number of aliphatic hydroxyl groups is 4. The van der Waals surface area contributed by atoms with Gasteiger partial charge in [-0.2, -0.15) is 16.8 Å². The van der Waals surface area contributed by atoms with Gasteiger partial charge in [0.1, 0.15) is 12.2 Å². The van der Waals surface area contributed by atoms with Gasteiger partial charge in [0.25, 0.3) is 0 Å². The summed E-state index contributed by atoms with van der Waals surface area (Å²) in [4.78, 5) is 18.9. The Hall–Kier alpha value is -1.72. The number of aliphatic hydroxyl groups excluding tert-OH is 4. The second-order valence-electron chi connectivity index (χ2n) is 33.8. The lowest BCUT2D eigenvalue weighted by atomic mass is 9.43. The molecule has 24 heteroatoms. The zero-order chi connectivity index (χ0) is 73.1. The fourth-order valence-corrected chi connectivity index (χ4v) is 22.7. The molecule has 8 rings (SSSR count). The second kappa shape index (κ2) is 39.6. The van der Waals surface area contributed by atoms with E-state index in [1.54, 1.807) is 0 Å². The molecule has 24 atom stereocenters. The van der Waals surface area contributed by atoms with Gasteiger partial charge in [0.15, 0.2) is 0 Å². The van der Waals surface area contributed by atoms with Gasteiger partial charge >= 0.3 is 32.7 Å². The van der Waals surface area contributed by atoms with Crippen molar-refractivity contribution in [1.29, 1.82) is 0 Å². The number of aliphatic carboxylic acids is 2. The van der Waals surface area contributed by atoms with Gasteiger partial charge in [-0.1, -0.05) is 69.2 Å². The summed E-state index contributed by atoms with van der Waals surface area (Å²) in [7, 11) is -8.91. The lowest BCUT2D eigenvalue weighted by molar-refractivity contribution is -0.167. The minimum Gasteiger partial charge on any atom is -0.479 e. The molecule has 0 radical (unpaired) electrons. The summed E-state index contributed by atoms with van der Waals surface area (Å²) in [6.07, 6.45) is 25.0. The number of fused-ring (bicyclic) bond motifs is 10. The van der Waals surface area contributed by atoms with Crippen LogP contribution in [0.2, 0.25) is 0 Å². The van der Waals surface area contributed by atoms with E-state index in [1.807, 2.05) is 27.7 Å². The molecule has 0 aromatic heterocycles. The lowest BCUT2D eigenvalue weighted by Crippen LogP contribution is -2.59. The van der Waals surface area contributed by atoms with Gasteiger partial charge in [-0.05, 0) is 338 Å². The predicted octanol–water partition coefficient (Wildman–Crippen LogP) is 10.0. The highest BCUT2D eigenvalue weighted by Crippen LogP contribution is 2.70. The van der Waals surface area contributed by atoms with Crippen molar-refractivity contribution < 1.29 is 74.5 Å². The van der Waals surface area contributed by atoms with Gasteiger partial charge in [-0.15, -0.1) is 0 Å². The van der Waals surface area contributed by atoms with Crippen molar-refractivity contribution in [3.05, 3.63) is 0 Å². The third kappa shape index (κ3) is 24.2.